The molecule has 8 nitrogen and oxygen atoms in total. The molecule has 9 atom stereocenters. The van der Waals surface area contributed by atoms with Gasteiger partial charge in [0.05, 0.1) is 36.4 Å². The van der Waals surface area contributed by atoms with E-state index in [1.54, 1.807) is 27.7 Å². The molecule has 5 N–H and O–H groups in total. The second-order valence-corrected chi connectivity index (χ2v) is 16.9. The van der Waals surface area contributed by atoms with Crippen molar-refractivity contribution in [3.05, 3.63) is 11.1 Å². The van der Waals surface area contributed by atoms with Gasteiger partial charge in [0.1, 0.15) is 17.3 Å². The van der Waals surface area contributed by atoms with Crippen LogP contribution in [0.2, 0.25) is 18.1 Å². The van der Waals surface area contributed by atoms with Gasteiger partial charge in [-0.25, -0.2) is 0 Å². The Morgan fingerprint density at radius 2 is 1.63 bits per heavy atom. The molecule has 4 rings (SSSR count). The lowest BCUT2D eigenvalue weighted by Gasteiger charge is -2.62. The maximum Gasteiger partial charge on any atom is 0.192 e. The summed E-state index contributed by atoms with van der Waals surface area (Å²) in [7, 11) is -2.27. The van der Waals surface area contributed by atoms with Gasteiger partial charge in [-0.15, -0.1) is 0 Å². The van der Waals surface area contributed by atoms with E-state index in [9.17, 15) is 30.3 Å². The molecule has 1 unspecified atom stereocenters. The molecule has 0 aromatic carbocycles. The van der Waals surface area contributed by atoms with Crippen LogP contribution >= 0.6 is 0 Å². The standard InChI is InChI=1S/C26H44O8Si/c1-8-35(9-2,10-3)34-17-11-16(28)25(31)13-33-22-20(25)24(17,7)21(30)19(29)18-14(4)15(27)12-26(22,32)23(18,5)6/h15-17,19-20,22,27-29,31-32H,8-13H2,1-7H3/t15-,16+,17-,19+,20-,22?,24+,25-,26+/m0/s1. The van der Waals surface area contributed by atoms with Crippen LogP contribution in [0.3, 0.4) is 0 Å². The van der Waals surface area contributed by atoms with E-state index in [0.29, 0.717) is 11.1 Å². The van der Waals surface area contributed by atoms with Crippen molar-refractivity contribution < 1.29 is 39.5 Å². The number of fused-ring (bicyclic) bond motifs is 3. The number of aliphatic hydroxyl groups excluding tert-OH is 3. The van der Waals surface area contributed by atoms with E-state index in [-0.39, 0.29) is 19.4 Å². The molecular formula is C26H44O8Si. The average molecular weight is 513 g/mol. The zero-order valence-corrected chi connectivity index (χ0v) is 23.2. The molecular weight excluding hydrogens is 468 g/mol. The van der Waals surface area contributed by atoms with Crippen LogP contribution in [0.4, 0.5) is 0 Å². The molecule has 200 valence electrons. The Hall–Kier alpha value is -0.653. The fraction of sp³-hybridized carbons (Fsp3) is 0.885. The first kappa shape index (κ1) is 27.4. The highest BCUT2D eigenvalue weighted by Crippen LogP contribution is 2.63. The Labute approximate surface area is 209 Å². The highest BCUT2D eigenvalue weighted by Gasteiger charge is 2.76. The van der Waals surface area contributed by atoms with Crippen LogP contribution in [0.5, 0.6) is 0 Å². The summed E-state index contributed by atoms with van der Waals surface area (Å²) >= 11 is 0. The van der Waals surface area contributed by atoms with Crippen molar-refractivity contribution in [2.24, 2.45) is 16.7 Å². The van der Waals surface area contributed by atoms with Gasteiger partial charge in [0.25, 0.3) is 0 Å². The van der Waals surface area contributed by atoms with Crippen LogP contribution in [0.1, 0.15) is 61.3 Å². The number of ether oxygens (including phenoxy) is 1. The molecule has 0 amide bonds. The van der Waals surface area contributed by atoms with E-state index in [4.69, 9.17) is 9.16 Å². The van der Waals surface area contributed by atoms with E-state index < -0.39 is 72.6 Å². The average Bonchev–Trinajstić information content (AvgIpc) is 3.18. The third kappa shape index (κ3) is 3.32. The van der Waals surface area contributed by atoms with Gasteiger partial charge >= 0.3 is 0 Å². The molecule has 0 radical (unpaired) electrons. The first-order valence-corrected chi connectivity index (χ1v) is 15.7. The van der Waals surface area contributed by atoms with Crippen LogP contribution in [-0.2, 0) is 14.0 Å². The first-order valence-electron chi connectivity index (χ1n) is 13.1. The monoisotopic (exact) mass is 512 g/mol. The number of ketones is 1. The molecule has 9 heteroatoms. The molecule has 0 aromatic heterocycles. The molecule has 4 aliphatic rings. The third-order valence-corrected chi connectivity index (χ3v) is 15.3. The maximum absolute atomic E-state index is 14.4. The number of Topliss-reactive ketones (excluding diaryl/α,β-unsaturated/α-hetero) is 1. The van der Waals surface area contributed by atoms with Crippen molar-refractivity contribution >= 4 is 14.1 Å². The number of hydrogen-bond donors (Lipinski definition) is 5. The Morgan fingerprint density at radius 3 is 2.17 bits per heavy atom. The van der Waals surface area contributed by atoms with Crippen LogP contribution in [0.15, 0.2) is 11.1 Å². The van der Waals surface area contributed by atoms with Gasteiger partial charge in [-0.05, 0) is 43.1 Å². The van der Waals surface area contributed by atoms with Gasteiger partial charge in [-0.1, -0.05) is 34.6 Å². The molecule has 0 aromatic rings. The van der Waals surface area contributed by atoms with Gasteiger partial charge in [0.15, 0.2) is 14.1 Å². The molecule has 3 aliphatic carbocycles. The topological polar surface area (TPSA) is 137 Å². The number of aliphatic hydroxyl groups is 5. The fourth-order valence-electron chi connectivity index (χ4n) is 7.92. The SMILES string of the molecule is CC[Si](CC)(CC)O[C@H]1C[C@@H](O)[C@@]2(O)COC3[C@H]2[C@]1(C)C(=O)[C@H](O)C1=C(C)[C@@H](O)C[C@]3(O)C1(C)C. The van der Waals surface area contributed by atoms with Crippen molar-refractivity contribution in [2.45, 2.75) is 121 Å². The summed E-state index contributed by atoms with van der Waals surface area (Å²) in [6.07, 6.45) is -5.73. The Kier molecular flexibility index (Phi) is 6.59. The summed E-state index contributed by atoms with van der Waals surface area (Å²) in [4.78, 5) is 14.4. The van der Waals surface area contributed by atoms with E-state index in [1.807, 2.05) is 0 Å². The third-order valence-electron chi connectivity index (χ3n) is 10.7. The quantitative estimate of drug-likeness (QED) is 0.277. The Morgan fingerprint density at radius 1 is 1.06 bits per heavy atom. The summed E-state index contributed by atoms with van der Waals surface area (Å²) in [6.45, 7) is 12.9. The van der Waals surface area contributed by atoms with Crippen LogP contribution in [0, 0.1) is 16.7 Å². The molecule has 2 saturated carbocycles. The molecule has 3 fully saturated rings. The van der Waals surface area contributed by atoms with E-state index in [0.717, 1.165) is 18.1 Å². The fourth-order valence-corrected chi connectivity index (χ4v) is 10.9. The van der Waals surface area contributed by atoms with Gasteiger partial charge in [0.2, 0.25) is 0 Å². The predicted octanol–water partition coefficient (Wildman–Crippen LogP) is 1.68. The van der Waals surface area contributed by atoms with Gasteiger partial charge < -0.3 is 34.7 Å². The maximum atomic E-state index is 14.4. The molecule has 0 spiro atoms. The van der Waals surface area contributed by atoms with Crippen molar-refractivity contribution in [1.29, 1.82) is 0 Å². The van der Waals surface area contributed by atoms with Crippen molar-refractivity contribution in [2.75, 3.05) is 6.61 Å². The molecule has 1 saturated heterocycles. The summed E-state index contributed by atoms with van der Waals surface area (Å²) in [5.41, 5.74) is -5.27. The Balaban J connectivity index is 1.98. The van der Waals surface area contributed by atoms with Gasteiger partial charge in [-0.2, -0.15) is 0 Å². The number of hydrogen-bond acceptors (Lipinski definition) is 8. The lowest BCUT2D eigenvalue weighted by molar-refractivity contribution is -0.233. The first-order chi connectivity index (χ1) is 16.1. The lowest BCUT2D eigenvalue weighted by atomic mass is 9.46. The van der Waals surface area contributed by atoms with Gasteiger partial charge in [-0.3, -0.25) is 4.79 Å². The lowest BCUT2D eigenvalue weighted by Crippen LogP contribution is -2.74. The zero-order chi connectivity index (χ0) is 26.4. The van der Waals surface area contributed by atoms with Crippen molar-refractivity contribution in [1.82, 2.24) is 0 Å². The predicted molar refractivity (Wildman–Crippen MR) is 132 cm³/mol. The largest absolute Gasteiger partial charge is 0.413 e. The minimum absolute atomic E-state index is 0.0370. The minimum Gasteiger partial charge on any atom is -0.413 e. The van der Waals surface area contributed by atoms with Crippen LogP contribution in [0.25, 0.3) is 0 Å². The molecule has 2 bridgehead atoms. The van der Waals surface area contributed by atoms with Crippen molar-refractivity contribution in [3.8, 4) is 0 Å². The summed E-state index contributed by atoms with van der Waals surface area (Å²) in [6, 6.07) is 2.51. The highest BCUT2D eigenvalue weighted by molar-refractivity contribution is 6.73. The van der Waals surface area contributed by atoms with Crippen molar-refractivity contribution in [3.63, 3.8) is 0 Å². The summed E-state index contributed by atoms with van der Waals surface area (Å²) in [5, 5.41) is 57.8. The van der Waals surface area contributed by atoms with E-state index >= 15 is 0 Å². The smallest absolute Gasteiger partial charge is 0.192 e. The Bertz CT molecular complexity index is 907. The van der Waals surface area contributed by atoms with E-state index in [1.165, 1.54) is 0 Å². The summed E-state index contributed by atoms with van der Waals surface area (Å²) in [5.74, 6) is -1.54. The number of rotatable bonds is 5. The highest BCUT2D eigenvalue weighted by atomic mass is 28.4. The zero-order valence-electron chi connectivity index (χ0n) is 22.2. The number of carbonyl (C=O) groups is 1. The normalized spacial score (nSPS) is 47.4. The van der Waals surface area contributed by atoms with Crippen LogP contribution < -0.4 is 0 Å². The minimum atomic E-state index is -2.27. The van der Waals surface area contributed by atoms with E-state index in [2.05, 4.69) is 20.8 Å². The second-order valence-electron chi connectivity index (χ2n) is 12.2. The number of carbonyl (C=O) groups excluding carboxylic acids is 1. The van der Waals surface area contributed by atoms with Gasteiger partial charge in [0, 0.05) is 24.2 Å². The molecule has 35 heavy (non-hydrogen) atoms. The second kappa shape index (κ2) is 8.43. The summed E-state index contributed by atoms with van der Waals surface area (Å²) < 4.78 is 13.0. The molecule has 1 aliphatic heterocycles. The van der Waals surface area contributed by atoms with Crippen LogP contribution in [-0.4, -0.2) is 88.0 Å². The molecule has 1 heterocycles.